The Morgan fingerprint density at radius 1 is 1.38 bits per heavy atom. The summed E-state index contributed by atoms with van der Waals surface area (Å²) in [5.74, 6) is 0.198. The van der Waals surface area contributed by atoms with Crippen molar-refractivity contribution in [2.75, 3.05) is 7.11 Å². The van der Waals surface area contributed by atoms with Gasteiger partial charge in [0, 0.05) is 0 Å². The van der Waals surface area contributed by atoms with Gasteiger partial charge in [0.1, 0.15) is 11.3 Å². The number of carboxylic acid groups (broad SMARTS) is 1. The van der Waals surface area contributed by atoms with Crippen LogP contribution in [0.5, 0.6) is 5.75 Å². The molecule has 1 aliphatic carbocycles. The van der Waals surface area contributed by atoms with Crippen LogP contribution in [0.3, 0.4) is 0 Å². The van der Waals surface area contributed by atoms with Crippen molar-refractivity contribution in [3.05, 3.63) is 29.3 Å². The molecule has 0 saturated heterocycles. The predicted octanol–water partition coefficient (Wildman–Crippen LogP) is 3.88. The summed E-state index contributed by atoms with van der Waals surface area (Å²) >= 11 is 0. The highest BCUT2D eigenvalue weighted by atomic mass is 16.5. The van der Waals surface area contributed by atoms with Crippen molar-refractivity contribution in [1.82, 2.24) is 0 Å². The number of methoxy groups -OCH3 is 1. The first kappa shape index (κ1) is 15.8. The van der Waals surface area contributed by atoms with Crippen LogP contribution in [-0.2, 0) is 11.3 Å². The number of benzene rings is 1. The van der Waals surface area contributed by atoms with Crippen LogP contribution in [0.25, 0.3) is 0 Å². The van der Waals surface area contributed by atoms with Crippen molar-refractivity contribution >= 4 is 5.97 Å². The minimum atomic E-state index is -0.975. The van der Waals surface area contributed by atoms with Gasteiger partial charge in [-0.2, -0.15) is 0 Å². The van der Waals surface area contributed by atoms with Crippen LogP contribution >= 0.6 is 0 Å². The zero-order valence-electron chi connectivity index (χ0n) is 12.8. The first-order chi connectivity index (χ1) is 10.1. The Morgan fingerprint density at radius 2 is 2.19 bits per heavy atom. The molecule has 0 amide bonds. The van der Waals surface area contributed by atoms with E-state index in [-0.39, 0.29) is 5.56 Å². The summed E-state index contributed by atoms with van der Waals surface area (Å²) in [4.78, 5) is 11.1. The van der Waals surface area contributed by atoms with Gasteiger partial charge < -0.3 is 14.6 Å². The predicted molar refractivity (Wildman–Crippen MR) is 80.8 cm³/mol. The quantitative estimate of drug-likeness (QED) is 0.864. The summed E-state index contributed by atoms with van der Waals surface area (Å²) in [7, 11) is 1.49. The fourth-order valence-electron chi connectivity index (χ4n) is 2.98. The number of rotatable bonds is 6. The first-order valence-electron chi connectivity index (χ1n) is 7.65. The van der Waals surface area contributed by atoms with Crippen molar-refractivity contribution in [3.63, 3.8) is 0 Å². The third kappa shape index (κ3) is 4.21. The number of hydrogen-bond donors (Lipinski definition) is 1. The SMILES string of the molecule is CCC1CCCC(OCc2ccc(C(=O)O)c(OC)c2)C1. The molecule has 2 rings (SSSR count). The van der Waals surface area contributed by atoms with Gasteiger partial charge in [-0.15, -0.1) is 0 Å². The summed E-state index contributed by atoms with van der Waals surface area (Å²) < 4.78 is 11.1. The molecular formula is C17H24O4. The van der Waals surface area contributed by atoms with Gasteiger partial charge in [-0.1, -0.05) is 32.3 Å². The van der Waals surface area contributed by atoms with E-state index in [0.29, 0.717) is 18.5 Å². The molecule has 21 heavy (non-hydrogen) atoms. The molecule has 1 aromatic rings. The number of aromatic carboxylic acids is 1. The summed E-state index contributed by atoms with van der Waals surface area (Å²) in [6.45, 7) is 2.75. The lowest BCUT2D eigenvalue weighted by molar-refractivity contribution is 0.00169. The lowest BCUT2D eigenvalue weighted by atomic mass is 9.85. The molecule has 1 fully saturated rings. The molecule has 1 saturated carbocycles. The summed E-state index contributed by atoms with van der Waals surface area (Å²) in [6.07, 6.45) is 6.37. The smallest absolute Gasteiger partial charge is 0.339 e. The molecule has 0 radical (unpaired) electrons. The topological polar surface area (TPSA) is 55.8 Å². The van der Waals surface area contributed by atoms with Gasteiger partial charge in [-0.05, 0) is 36.5 Å². The van der Waals surface area contributed by atoms with E-state index in [0.717, 1.165) is 24.3 Å². The molecule has 4 nitrogen and oxygen atoms in total. The number of ether oxygens (including phenoxy) is 2. The molecule has 2 unspecified atom stereocenters. The second kappa shape index (κ2) is 7.46. The second-order valence-corrected chi connectivity index (χ2v) is 5.71. The highest BCUT2D eigenvalue weighted by Gasteiger charge is 2.21. The van der Waals surface area contributed by atoms with Gasteiger partial charge in [0.25, 0.3) is 0 Å². The van der Waals surface area contributed by atoms with Crippen molar-refractivity contribution in [2.45, 2.75) is 51.7 Å². The molecule has 1 aromatic carbocycles. The third-order valence-corrected chi connectivity index (χ3v) is 4.29. The monoisotopic (exact) mass is 292 g/mol. The molecule has 1 N–H and O–H groups in total. The normalized spacial score (nSPS) is 22.0. The van der Waals surface area contributed by atoms with Gasteiger partial charge in [0.15, 0.2) is 0 Å². The molecule has 116 valence electrons. The molecule has 0 aliphatic heterocycles. The average molecular weight is 292 g/mol. The summed E-state index contributed by atoms with van der Waals surface area (Å²) in [5.41, 5.74) is 1.14. The van der Waals surface area contributed by atoms with Gasteiger partial charge in [0.05, 0.1) is 19.8 Å². The summed E-state index contributed by atoms with van der Waals surface area (Å²) in [5, 5.41) is 9.07. The van der Waals surface area contributed by atoms with Gasteiger partial charge in [0.2, 0.25) is 0 Å². The number of carboxylic acids is 1. The molecule has 0 bridgehead atoms. The minimum absolute atomic E-state index is 0.185. The van der Waals surface area contributed by atoms with Crippen LogP contribution in [0.4, 0.5) is 0 Å². The fraction of sp³-hybridized carbons (Fsp3) is 0.588. The molecule has 1 aliphatic rings. The zero-order valence-corrected chi connectivity index (χ0v) is 12.8. The van der Waals surface area contributed by atoms with E-state index >= 15 is 0 Å². The van der Waals surface area contributed by atoms with Crippen molar-refractivity contribution in [3.8, 4) is 5.75 Å². The van der Waals surface area contributed by atoms with E-state index in [1.165, 1.54) is 26.4 Å². The van der Waals surface area contributed by atoms with E-state index in [2.05, 4.69) is 6.92 Å². The van der Waals surface area contributed by atoms with E-state index in [9.17, 15) is 4.79 Å². The lowest BCUT2D eigenvalue weighted by Crippen LogP contribution is -2.22. The largest absolute Gasteiger partial charge is 0.496 e. The Bertz CT molecular complexity index is 484. The zero-order chi connectivity index (χ0) is 15.2. The van der Waals surface area contributed by atoms with Crippen molar-refractivity contribution in [1.29, 1.82) is 0 Å². The van der Waals surface area contributed by atoms with E-state index < -0.39 is 5.97 Å². The maximum atomic E-state index is 11.1. The van der Waals surface area contributed by atoms with Crippen LogP contribution in [0.1, 0.15) is 54.9 Å². The van der Waals surface area contributed by atoms with Crippen LogP contribution in [0, 0.1) is 5.92 Å². The maximum Gasteiger partial charge on any atom is 0.339 e. The van der Waals surface area contributed by atoms with Crippen LogP contribution < -0.4 is 4.74 Å². The molecular weight excluding hydrogens is 268 g/mol. The Kier molecular flexibility index (Phi) is 5.62. The minimum Gasteiger partial charge on any atom is -0.496 e. The lowest BCUT2D eigenvalue weighted by Gasteiger charge is -2.28. The molecule has 0 heterocycles. The molecule has 2 atom stereocenters. The standard InChI is InChI=1S/C17H24O4/c1-3-12-5-4-6-14(9-12)21-11-13-7-8-15(17(18)19)16(10-13)20-2/h7-8,10,12,14H,3-6,9,11H2,1-2H3,(H,18,19). The second-order valence-electron chi connectivity index (χ2n) is 5.71. The van der Waals surface area contributed by atoms with Crippen LogP contribution in [0.2, 0.25) is 0 Å². The highest BCUT2D eigenvalue weighted by Crippen LogP contribution is 2.29. The Balaban J connectivity index is 1.95. The summed E-state index contributed by atoms with van der Waals surface area (Å²) in [6, 6.07) is 5.13. The Hall–Kier alpha value is -1.55. The van der Waals surface area contributed by atoms with Gasteiger partial charge in [-0.25, -0.2) is 4.79 Å². The highest BCUT2D eigenvalue weighted by molar-refractivity contribution is 5.90. The van der Waals surface area contributed by atoms with Crippen molar-refractivity contribution < 1.29 is 19.4 Å². The van der Waals surface area contributed by atoms with E-state index in [1.54, 1.807) is 18.2 Å². The molecule has 4 heteroatoms. The third-order valence-electron chi connectivity index (χ3n) is 4.29. The van der Waals surface area contributed by atoms with E-state index in [1.807, 2.05) is 0 Å². The number of hydrogen-bond acceptors (Lipinski definition) is 3. The molecule has 0 spiro atoms. The van der Waals surface area contributed by atoms with Crippen LogP contribution in [0.15, 0.2) is 18.2 Å². The van der Waals surface area contributed by atoms with E-state index in [4.69, 9.17) is 14.6 Å². The first-order valence-corrected chi connectivity index (χ1v) is 7.65. The maximum absolute atomic E-state index is 11.1. The Morgan fingerprint density at radius 3 is 2.86 bits per heavy atom. The number of carbonyl (C=O) groups is 1. The van der Waals surface area contributed by atoms with Crippen LogP contribution in [-0.4, -0.2) is 24.3 Å². The van der Waals surface area contributed by atoms with Gasteiger partial charge >= 0.3 is 5.97 Å². The average Bonchev–Trinajstić information content (AvgIpc) is 2.52. The van der Waals surface area contributed by atoms with Crippen molar-refractivity contribution in [2.24, 2.45) is 5.92 Å². The van der Waals surface area contributed by atoms with Gasteiger partial charge in [-0.3, -0.25) is 0 Å². The Labute approximate surface area is 126 Å². The molecule has 0 aromatic heterocycles. The fourth-order valence-corrected chi connectivity index (χ4v) is 2.98.